The second-order valence-corrected chi connectivity index (χ2v) is 4.33. The first kappa shape index (κ1) is 13.4. The lowest BCUT2D eigenvalue weighted by Gasteiger charge is -2.23. The molecule has 0 aromatic heterocycles. The molecule has 3 nitrogen and oxygen atoms in total. The van der Waals surface area contributed by atoms with Gasteiger partial charge in [-0.15, -0.1) is 0 Å². The van der Waals surface area contributed by atoms with Crippen molar-refractivity contribution in [3.05, 3.63) is 0 Å². The Bertz CT molecular complexity index is 169. The molecule has 3 N–H and O–H groups in total. The molecule has 3 heteroatoms. The summed E-state index contributed by atoms with van der Waals surface area (Å²) in [5, 5.41) is 3.28. The molecular weight excluding hydrogens is 176 g/mol. The predicted octanol–water partition coefficient (Wildman–Crippen LogP) is 1.66. The summed E-state index contributed by atoms with van der Waals surface area (Å²) in [6.45, 7) is 8.29. The van der Waals surface area contributed by atoms with Crippen molar-refractivity contribution in [1.29, 1.82) is 0 Å². The van der Waals surface area contributed by atoms with E-state index in [1.54, 1.807) is 0 Å². The lowest BCUT2D eigenvalue weighted by atomic mass is 10.0. The zero-order valence-corrected chi connectivity index (χ0v) is 9.84. The first-order valence-corrected chi connectivity index (χ1v) is 5.54. The fraction of sp³-hybridized carbons (Fsp3) is 0.909. The van der Waals surface area contributed by atoms with Crippen LogP contribution in [0.4, 0.5) is 0 Å². The Hall–Kier alpha value is -0.570. The molecule has 14 heavy (non-hydrogen) atoms. The van der Waals surface area contributed by atoms with Gasteiger partial charge in [0.2, 0.25) is 5.91 Å². The summed E-state index contributed by atoms with van der Waals surface area (Å²) in [5.74, 6) is 0.0138. The number of hydrogen-bond acceptors (Lipinski definition) is 2. The van der Waals surface area contributed by atoms with Gasteiger partial charge >= 0.3 is 0 Å². The van der Waals surface area contributed by atoms with Crippen molar-refractivity contribution in [1.82, 2.24) is 5.32 Å². The second-order valence-electron chi connectivity index (χ2n) is 4.33. The Morgan fingerprint density at radius 1 is 1.36 bits per heavy atom. The molecule has 0 heterocycles. The number of nitrogens with two attached hydrogens (primary N) is 1. The van der Waals surface area contributed by atoms with E-state index in [1.165, 1.54) is 12.8 Å². The van der Waals surface area contributed by atoms with Crippen LogP contribution >= 0.6 is 0 Å². The molecule has 0 saturated carbocycles. The van der Waals surface area contributed by atoms with Crippen LogP contribution in [0.5, 0.6) is 0 Å². The van der Waals surface area contributed by atoms with Gasteiger partial charge in [0.25, 0.3) is 0 Å². The average molecular weight is 200 g/mol. The molecule has 0 radical (unpaired) electrons. The van der Waals surface area contributed by atoms with Crippen molar-refractivity contribution in [2.24, 2.45) is 11.7 Å². The smallest absolute Gasteiger partial charge is 0.234 e. The molecule has 0 bridgehead atoms. The Morgan fingerprint density at radius 2 is 1.93 bits per heavy atom. The highest BCUT2D eigenvalue weighted by molar-refractivity contribution is 5.80. The van der Waals surface area contributed by atoms with Crippen molar-refractivity contribution in [3.8, 4) is 0 Å². The largest absolute Gasteiger partial charge is 0.368 e. The van der Waals surface area contributed by atoms with Gasteiger partial charge in [0.15, 0.2) is 0 Å². The molecule has 0 aliphatic rings. The quantitative estimate of drug-likeness (QED) is 0.656. The van der Waals surface area contributed by atoms with Gasteiger partial charge in [-0.1, -0.05) is 33.6 Å². The van der Waals surface area contributed by atoms with Gasteiger partial charge in [0, 0.05) is 6.04 Å². The van der Waals surface area contributed by atoms with E-state index >= 15 is 0 Å². The fourth-order valence-corrected chi connectivity index (χ4v) is 1.50. The third kappa shape index (κ3) is 5.22. The summed E-state index contributed by atoms with van der Waals surface area (Å²) in [5.41, 5.74) is 5.31. The molecule has 0 spiro atoms. The Balaban J connectivity index is 3.96. The third-order valence-corrected chi connectivity index (χ3v) is 2.43. The maximum atomic E-state index is 11.1. The van der Waals surface area contributed by atoms with Crippen molar-refractivity contribution in [3.63, 3.8) is 0 Å². The summed E-state index contributed by atoms with van der Waals surface area (Å²) in [6, 6.07) is 0.178. The molecule has 2 unspecified atom stereocenters. The highest BCUT2D eigenvalue weighted by atomic mass is 16.1. The van der Waals surface area contributed by atoms with Gasteiger partial charge in [-0.05, 0) is 19.3 Å². The molecule has 0 aromatic rings. The molecule has 0 aliphatic heterocycles. The molecule has 0 aliphatic carbocycles. The third-order valence-electron chi connectivity index (χ3n) is 2.43. The van der Waals surface area contributed by atoms with Crippen LogP contribution in [0.25, 0.3) is 0 Å². The normalized spacial score (nSPS) is 15.5. The number of nitrogens with one attached hydrogen (secondary N) is 1. The van der Waals surface area contributed by atoms with E-state index < -0.39 is 0 Å². The minimum Gasteiger partial charge on any atom is -0.368 e. The zero-order chi connectivity index (χ0) is 11.1. The van der Waals surface area contributed by atoms with Crippen molar-refractivity contribution in [2.45, 2.75) is 59.0 Å². The molecule has 0 aromatic carbocycles. The highest BCUT2D eigenvalue weighted by Gasteiger charge is 2.20. The summed E-state index contributed by atoms with van der Waals surface area (Å²) in [7, 11) is 0. The highest BCUT2D eigenvalue weighted by Crippen LogP contribution is 2.06. The number of amides is 1. The lowest BCUT2D eigenvalue weighted by molar-refractivity contribution is -0.121. The van der Waals surface area contributed by atoms with Gasteiger partial charge in [-0.25, -0.2) is 0 Å². The van der Waals surface area contributed by atoms with Crippen LogP contribution in [0.2, 0.25) is 0 Å². The number of rotatable bonds is 7. The molecule has 84 valence electrons. The number of carbonyl (C=O) groups is 1. The van der Waals surface area contributed by atoms with E-state index in [4.69, 9.17) is 5.73 Å². The van der Waals surface area contributed by atoms with E-state index in [0.717, 1.165) is 6.42 Å². The maximum Gasteiger partial charge on any atom is 0.234 e. The molecule has 1 amide bonds. The zero-order valence-electron chi connectivity index (χ0n) is 9.84. The van der Waals surface area contributed by atoms with E-state index in [9.17, 15) is 4.79 Å². The van der Waals surface area contributed by atoms with Gasteiger partial charge in [0.05, 0.1) is 6.04 Å². The Morgan fingerprint density at radius 3 is 2.29 bits per heavy atom. The average Bonchev–Trinajstić information content (AvgIpc) is 2.09. The molecule has 0 rings (SSSR count). The van der Waals surface area contributed by atoms with Crippen molar-refractivity contribution < 1.29 is 4.79 Å². The topological polar surface area (TPSA) is 55.1 Å². The summed E-state index contributed by atoms with van der Waals surface area (Å²) in [4.78, 5) is 11.1. The first-order chi connectivity index (χ1) is 6.49. The first-order valence-electron chi connectivity index (χ1n) is 5.54. The molecule has 0 saturated heterocycles. The van der Waals surface area contributed by atoms with Gasteiger partial charge < -0.3 is 11.1 Å². The monoisotopic (exact) mass is 200 g/mol. The van der Waals surface area contributed by atoms with Crippen LogP contribution in [-0.2, 0) is 4.79 Å². The number of primary amides is 1. The summed E-state index contributed by atoms with van der Waals surface area (Å²) < 4.78 is 0. The molecular formula is C11H24N2O. The van der Waals surface area contributed by atoms with Crippen LogP contribution in [0.15, 0.2) is 0 Å². The van der Waals surface area contributed by atoms with Gasteiger partial charge in [0.1, 0.15) is 0 Å². The van der Waals surface area contributed by atoms with E-state index in [2.05, 4.69) is 19.2 Å². The molecule has 0 fully saturated rings. The van der Waals surface area contributed by atoms with Crippen LogP contribution < -0.4 is 11.1 Å². The Kier molecular flexibility index (Phi) is 6.54. The van der Waals surface area contributed by atoms with Crippen LogP contribution in [0.3, 0.4) is 0 Å². The van der Waals surface area contributed by atoms with E-state index in [-0.39, 0.29) is 17.9 Å². The summed E-state index contributed by atoms with van der Waals surface area (Å²) in [6.07, 6.45) is 3.49. The van der Waals surface area contributed by atoms with Crippen LogP contribution in [0.1, 0.15) is 47.0 Å². The molecule has 2 atom stereocenters. The number of hydrogen-bond donors (Lipinski definition) is 2. The standard InChI is InChI=1S/C11H24N2O/c1-5-6-7-9(4)13-10(8(2)3)11(12)14/h8-10,13H,5-7H2,1-4H3,(H2,12,14). The van der Waals surface area contributed by atoms with E-state index in [0.29, 0.717) is 6.04 Å². The SMILES string of the molecule is CCCCC(C)NC(C(N)=O)C(C)C. The van der Waals surface area contributed by atoms with Gasteiger partial charge in [-0.2, -0.15) is 0 Å². The fourth-order valence-electron chi connectivity index (χ4n) is 1.50. The van der Waals surface area contributed by atoms with Crippen LogP contribution in [-0.4, -0.2) is 18.0 Å². The number of unbranched alkanes of at least 4 members (excludes halogenated alkanes) is 1. The lowest BCUT2D eigenvalue weighted by Crippen LogP contribution is -2.48. The van der Waals surface area contributed by atoms with Crippen molar-refractivity contribution in [2.75, 3.05) is 0 Å². The van der Waals surface area contributed by atoms with Gasteiger partial charge in [-0.3, -0.25) is 4.79 Å². The minimum absolute atomic E-state index is 0.193. The second kappa shape index (κ2) is 6.82. The van der Waals surface area contributed by atoms with E-state index in [1.807, 2.05) is 13.8 Å². The van der Waals surface area contributed by atoms with Crippen molar-refractivity contribution >= 4 is 5.91 Å². The number of carbonyl (C=O) groups excluding carboxylic acids is 1. The maximum absolute atomic E-state index is 11.1. The minimum atomic E-state index is -0.247. The van der Waals surface area contributed by atoms with Crippen LogP contribution in [0, 0.1) is 5.92 Å². The predicted molar refractivity (Wildman–Crippen MR) is 59.9 cm³/mol. The summed E-state index contributed by atoms with van der Waals surface area (Å²) >= 11 is 0. The Labute approximate surface area is 87.4 Å².